The first-order valence-corrected chi connectivity index (χ1v) is 9.76. The van der Waals surface area contributed by atoms with Gasteiger partial charge < -0.3 is 9.80 Å². The Balaban J connectivity index is 1.70. The van der Waals surface area contributed by atoms with Crippen LogP contribution in [0, 0.1) is 0 Å². The average molecular weight is 350 g/mol. The van der Waals surface area contributed by atoms with E-state index in [2.05, 4.69) is 11.9 Å². The molecule has 2 saturated heterocycles. The summed E-state index contributed by atoms with van der Waals surface area (Å²) in [6.07, 6.45) is 2.88. The minimum absolute atomic E-state index is 0.0534. The summed E-state index contributed by atoms with van der Waals surface area (Å²) >= 11 is 1.63. The third kappa shape index (κ3) is 3.49. The molecule has 2 amide bonds. The second-order valence-electron chi connectivity index (χ2n) is 6.99. The molecule has 5 nitrogen and oxygen atoms in total. The van der Waals surface area contributed by atoms with Gasteiger partial charge in [0.15, 0.2) is 0 Å². The maximum atomic E-state index is 12.7. The molecular formula is C18H27N3O2S. The largest absolute Gasteiger partial charge is 0.343 e. The molecule has 0 aliphatic carbocycles. The van der Waals surface area contributed by atoms with Crippen LogP contribution in [0.2, 0.25) is 0 Å². The first-order valence-electron chi connectivity index (χ1n) is 8.82. The van der Waals surface area contributed by atoms with Crippen molar-refractivity contribution in [2.75, 3.05) is 39.8 Å². The summed E-state index contributed by atoms with van der Waals surface area (Å²) in [4.78, 5) is 31.3. The zero-order valence-corrected chi connectivity index (χ0v) is 15.5. The quantitative estimate of drug-likeness (QED) is 0.836. The van der Waals surface area contributed by atoms with E-state index in [0.29, 0.717) is 12.8 Å². The van der Waals surface area contributed by atoms with Crippen molar-refractivity contribution < 1.29 is 9.59 Å². The van der Waals surface area contributed by atoms with E-state index in [9.17, 15) is 9.59 Å². The van der Waals surface area contributed by atoms with E-state index in [1.807, 2.05) is 33.6 Å². The highest BCUT2D eigenvalue weighted by atomic mass is 32.1. The molecule has 2 aliphatic rings. The molecule has 0 unspecified atom stereocenters. The van der Waals surface area contributed by atoms with Gasteiger partial charge in [0.25, 0.3) is 0 Å². The molecular weight excluding hydrogens is 322 g/mol. The van der Waals surface area contributed by atoms with E-state index < -0.39 is 0 Å². The van der Waals surface area contributed by atoms with Crippen molar-refractivity contribution in [3.63, 3.8) is 0 Å². The summed E-state index contributed by atoms with van der Waals surface area (Å²) < 4.78 is 0. The number of carbonyl (C=O) groups is 2. The molecule has 1 atom stereocenters. The van der Waals surface area contributed by atoms with Crippen molar-refractivity contribution in [2.24, 2.45) is 0 Å². The molecule has 2 aliphatic heterocycles. The highest BCUT2D eigenvalue weighted by Gasteiger charge is 2.43. The van der Waals surface area contributed by atoms with Gasteiger partial charge in [0.1, 0.15) is 0 Å². The van der Waals surface area contributed by atoms with Crippen LogP contribution < -0.4 is 0 Å². The Morgan fingerprint density at radius 3 is 2.83 bits per heavy atom. The Kier molecular flexibility index (Phi) is 5.25. The molecule has 0 saturated carbocycles. The number of amides is 2. The van der Waals surface area contributed by atoms with Gasteiger partial charge in [-0.2, -0.15) is 11.3 Å². The van der Waals surface area contributed by atoms with Crippen molar-refractivity contribution in [1.82, 2.24) is 14.7 Å². The molecule has 1 aromatic rings. The molecule has 0 radical (unpaired) electrons. The lowest BCUT2D eigenvalue weighted by molar-refractivity contribution is -0.136. The van der Waals surface area contributed by atoms with E-state index >= 15 is 0 Å². The minimum Gasteiger partial charge on any atom is -0.343 e. The minimum atomic E-state index is -0.0534. The summed E-state index contributed by atoms with van der Waals surface area (Å²) in [6, 6.07) is 2.03. The molecule has 1 spiro atoms. The highest BCUT2D eigenvalue weighted by Crippen LogP contribution is 2.32. The Morgan fingerprint density at radius 1 is 1.29 bits per heavy atom. The third-order valence-corrected chi connectivity index (χ3v) is 6.41. The van der Waals surface area contributed by atoms with Crippen LogP contribution in [0.1, 0.15) is 31.7 Å². The van der Waals surface area contributed by atoms with Crippen molar-refractivity contribution in [2.45, 2.75) is 38.1 Å². The molecule has 0 bridgehead atoms. The fourth-order valence-corrected chi connectivity index (χ4v) is 4.59. The average Bonchev–Trinajstić information content (AvgIpc) is 3.02. The topological polar surface area (TPSA) is 43.9 Å². The summed E-state index contributed by atoms with van der Waals surface area (Å²) in [5, 5.41) is 4.07. The summed E-state index contributed by atoms with van der Waals surface area (Å²) in [5.41, 5.74) is 1.05. The third-order valence-electron chi connectivity index (χ3n) is 5.67. The zero-order valence-electron chi connectivity index (χ0n) is 14.7. The van der Waals surface area contributed by atoms with Crippen LogP contribution in [0.15, 0.2) is 16.8 Å². The van der Waals surface area contributed by atoms with Gasteiger partial charge in [-0.05, 0) is 49.2 Å². The van der Waals surface area contributed by atoms with Crippen LogP contribution in [-0.4, -0.2) is 71.8 Å². The standard InChI is InChI=1S/C18H27N3O2S/c1-3-20-8-7-18(6-4-16(20)22)14-21(10-9-19(18)2)17(23)12-15-5-11-24-13-15/h5,11,13H,3-4,6-10,12,14H2,1-2H3/t18-/m1/s1. The maximum absolute atomic E-state index is 12.7. The summed E-state index contributed by atoms with van der Waals surface area (Å²) in [5.74, 6) is 0.466. The first-order chi connectivity index (χ1) is 11.5. The van der Waals surface area contributed by atoms with E-state index in [-0.39, 0.29) is 17.4 Å². The van der Waals surface area contributed by atoms with Crippen LogP contribution in [-0.2, 0) is 16.0 Å². The smallest absolute Gasteiger partial charge is 0.227 e. The van der Waals surface area contributed by atoms with Crippen molar-refractivity contribution >= 4 is 23.2 Å². The zero-order chi connectivity index (χ0) is 17.2. The molecule has 2 fully saturated rings. The second kappa shape index (κ2) is 7.23. The molecule has 0 aromatic carbocycles. The van der Waals surface area contributed by atoms with Crippen LogP contribution in [0.25, 0.3) is 0 Å². The highest BCUT2D eigenvalue weighted by molar-refractivity contribution is 7.08. The van der Waals surface area contributed by atoms with Crippen LogP contribution in [0.4, 0.5) is 0 Å². The lowest BCUT2D eigenvalue weighted by Crippen LogP contribution is -2.62. The monoisotopic (exact) mass is 349 g/mol. The predicted octanol–water partition coefficient (Wildman–Crippen LogP) is 1.84. The maximum Gasteiger partial charge on any atom is 0.227 e. The number of likely N-dealkylation sites (N-methyl/N-ethyl adjacent to an activating group) is 1. The summed E-state index contributed by atoms with van der Waals surface area (Å²) in [7, 11) is 2.15. The molecule has 24 heavy (non-hydrogen) atoms. The predicted molar refractivity (Wildman–Crippen MR) is 96.1 cm³/mol. The number of thiophene rings is 1. The fraction of sp³-hybridized carbons (Fsp3) is 0.667. The van der Waals surface area contributed by atoms with Gasteiger partial charge in [0.2, 0.25) is 11.8 Å². The Morgan fingerprint density at radius 2 is 2.12 bits per heavy atom. The first kappa shape index (κ1) is 17.4. The normalized spacial score (nSPS) is 26.0. The van der Waals surface area contributed by atoms with Crippen LogP contribution in [0.3, 0.4) is 0 Å². The SMILES string of the molecule is CCN1CC[C@]2(CCC1=O)CN(C(=O)Cc1ccsc1)CCN2C. The van der Waals surface area contributed by atoms with Crippen LogP contribution in [0.5, 0.6) is 0 Å². The van der Waals surface area contributed by atoms with E-state index in [0.717, 1.165) is 51.1 Å². The van der Waals surface area contributed by atoms with Gasteiger partial charge in [-0.3, -0.25) is 14.5 Å². The second-order valence-corrected chi connectivity index (χ2v) is 7.77. The lowest BCUT2D eigenvalue weighted by Gasteiger charge is -2.49. The Hall–Kier alpha value is -1.40. The van der Waals surface area contributed by atoms with Crippen molar-refractivity contribution in [3.8, 4) is 0 Å². The Labute approximate surface area is 148 Å². The van der Waals surface area contributed by atoms with Crippen LogP contribution >= 0.6 is 11.3 Å². The molecule has 6 heteroatoms. The van der Waals surface area contributed by atoms with Gasteiger partial charge in [-0.15, -0.1) is 0 Å². The molecule has 3 rings (SSSR count). The Bertz CT molecular complexity index is 589. The van der Waals surface area contributed by atoms with Crippen molar-refractivity contribution in [3.05, 3.63) is 22.4 Å². The van der Waals surface area contributed by atoms with E-state index in [1.54, 1.807) is 11.3 Å². The number of carbonyl (C=O) groups excluding carboxylic acids is 2. The number of nitrogens with zero attached hydrogens (tertiary/aromatic N) is 3. The van der Waals surface area contributed by atoms with Crippen molar-refractivity contribution in [1.29, 1.82) is 0 Å². The number of likely N-dealkylation sites (tertiary alicyclic amines) is 1. The molecule has 0 N–H and O–H groups in total. The van der Waals surface area contributed by atoms with E-state index in [4.69, 9.17) is 0 Å². The van der Waals surface area contributed by atoms with Gasteiger partial charge in [0.05, 0.1) is 6.42 Å². The van der Waals surface area contributed by atoms with Gasteiger partial charge in [0, 0.05) is 44.7 Å². The number of rotatable bonds is 3. The number of piperazine rings is 1. The molecule has 132 valence electrons. The van der Waals surface area contributed by atoms with Gasteiger partial charge in [-0.1, -0.05) is 0 Å². The van der Waals surface area contributed by atoms with Gasteiger partial charge >= 0.3 is 0 Å². The fourth-order valence-electron chi connectivity index (χ4n) is 3.92. The van der Waals surface area contributed by atoms with E-state index in [1.165, 1.54) is 0 Å². The van der Waals surface area contributed by atoms with Gasteiger partial charge in [-0.25, -0.2) is 0 Å². The molecule has 3 heterocycles. The number of hydrogen-bond acceptors (Lipinski definition) is 4. The number of hydrogen-bond donors (Lipinski definition) is 0. The molecule has 1 aromatic heterocycles. The lowest BCUT2D eigenvalue weighted by atomic mass is 9.86. The summed E-state index contributed by atoms with van der Waals surface area (Å²) in [6.45, 7) is 6.03.